The monoisotopic (exact) mass is 245 g/mol. The highest BCUT2D eigenvalue weighted by atomic mass is 16.5. The fourth-order valence-corrected chi connectivity index (χ4v) is 2.41. The van der Waals surface area contributed by atoms with E-state index in [-0.39, 0.29) is 17.7 Å². The van der Waals surface area contributed by atoms with Crippen molar-refractivity contribution in [2.24, 2.45) is 5.73 Å². The molecule has 0 radical (unpaired) electrons. The molecular formula is C13H15N3O2. The van der Waals surface area contributed by atoms with Gasteiger partial charge >= 0.3 is 0 Å². The Balaban J connectivity index is 1.87. The van der Waals surface area contributed by atoms with Gasteiger partial charge in [-0.3, -0.25) is 0 Å². The Labute approximate surface area is 105 Å². The van der Waals surface area contributed by atoms with E-state index in [0.717, 1.165) is 24.8 Å². The number of benzene rings is 1. The highest BCUT2D eigenvalue weighted by Crippen LogP contribution is 2.33. The third-order valence-corrected chi connectivity index (χ3v) is 3.45. The first kappa shape index (κ1) is 11.2. The summed E-state index contributed by atoms with van der Waals surface area (Å²) in [6, 6.07) is 6.86. The molecule has 0 bridgehead atoms. The molecule has 1 saturated carbocycles. The van der Waals surface area contributed by atoms with Crippen molar-refractivity contribution < 1.29 is 9.63 Å². The van der Waals surface area contributed by atoms with Gasteiger partial charge < -0.3 is 15.4 Å². The highest BCUT2D eigenvalue weighted by molar-refractivity contribution is 5.55. The molecular weight excluding hydrogens is 230 g/mol. The van der Waals surface area contributed by atoms with Crippen molar-refractivity contribution in [2.45, 2.75) is 31.2 Å². The molecule has 1 aromatic heterocycles. The predicted molar refractivity (Wildman–Crippen MR) is 66.0 cm³/mol. The molecule has 1 aliphatic rings. The van der Waals surface area contributed by atoms with Crippen LogP contribution >= 0.6 is 0 Å². The average molecular weight is 245 g/mol. The van der Waals surface area contributed by atoms with Gasteiger partial charge in [-0.1, -0.05) is 11.6 Å². The Morgan fingerprint density at radius 2 is 2.00 bits per heavy atom. The van der Waals surface area contributed by atoms with E-state index >= 15 is 0 Å². The lowest BCUT2D eigenvalue weighted by Gasteiger charge is -2.08. The van der Waals surface area contributed by atoms with E-state index in [2.05, 4.69) is 10.1 Å². The van der Waals surface area contributed by atoms with E-state index < -0.39 is 0 Å². The Hall–Kier alpha value is -1.88. The zero-order valence-electron chi connectivity index (χ0n) is 9.91. The van der Waals surface area contributed by atoms with Crippen molar-refractivity contribution >= 4 is 0 Å². The molecule has 3 rings (SSSR count). The number of aromatic hydroxyl groups is 1. The largest absolute Gasteiger partial charge is 0.508 e. The van der Waals surface area contributed by atoms with Gasteiger partial charge in [0.1, 0.15) is 5.75 Å². The molecule has 94 valence electrons. The number of phenolic OH excluding ortho intramolecular Hbond substituents is 1. The minimum atomic E-state index is 0.123. The molecule has 0 spiro atoms. The summed E-state index contributed by atoms with van der Waals surface area (Å²) in [5.74, 6) is 1.58. The Bertz CT molecular complexity index is 535. The molecule has 18 heavy (non-hydrogen) atoms. The van der Waals surface area contributed by atoms with Gasteiger partial charge in [-0.25, -0.2) is 0 Å². The van der Waals surface area contributed by atoms with Crippen molar-refractivity contribution in [3.8, 4) is 17.1 Å². The van der Waals surface area contributed by atoms with Gasteiger partial charge in [-0.15, -0.1) is 0 Å². The number of aromatic nitrogens is 2. The highest BCUT2D eigenvalue weighted by Gasteiger charge is 2.30. The van der Waals surface area contributed by atoms with Crippen molar-refractivity contribution in [2.75, 3.05) is 0 Å². The van der Waals surface area contributed by atoms with E-state index in [0.29, 0.717) is 11.7 Å². The van der Waals surface area contributed by atoms with Gasteiger partial charge in [0.25, 0.3) is 0 Å². The molecule has 2 aromatic rings. The smallest absolute Gasteiger partial charge is 0.231 e. The number of hydrogen-bond donors (Lipinski definition) is 2. The zero-order valence-corrected chi connectivity index (χ0v) is 9.91. The molecule has 2 atom stereocenters. The van der Waals surface area contributed by atoms with Crippen LogP contribution in [0, 0.1) is 0 Å². The van der Waals surface area contributed by atoms with E-state index in [1.54, 1.807) is 24.3 Å². The fraction of sp³-hybridized carbons (Fsp3) is 0.385. The van der Waals surface area contributed by atoms with Crippen LogP contribution in [0.5, 0.6) is 5.75 Å². The fourth-order valence-electron chi connectivity index (χ4n) is 2.41. The summed E-state index contributed by atoms with van der Waals surface area (Å²) in [5, 5.41) is 13.2. The Morgan fingerprint density at radius 1 is 1.22 bits per heavy atom. The molecule has 1 fully saturated rings. The van der Waals surface area contributed by atoms with E-state index in [9.17, 15) is 5.11 Å². The number of nitrogens with zero attached hydrogens (tertiary/aromatic N) is 2. The third kappa shape index (κ3) is 1.97. The van der Waals surface area contributed by atoms with Crippen LogP contribution in [-0.4, -0.2) is 21.3 Å². The summed E-state index contributed by atoms with van der Waals surface area (Å²) in [5.41, 5.74) is 6.85. The van der Waals surface area contributed by atoms with Crippen LogP contribution < -0.4 is 5.73 Å². The first-order valence-corrected chi connectivity index (χ1v) is 6.12. The molecule has 1 aliphatic carbocycles. The molecule has 1 heterocycles. The van der Waals surface area contributed by atoms with Gasteiger partial charge in [-0.05, 0) is 37.1 Å². The zero-order chi connectivity index (χ0) is 12.5. The van der Waals surface area contributed by atoms with Crippen LogP contribution in [0.2, 0.25) is 0 Å². The van der Waals surface area contributed by atoms with Crippen LogP contribution in [0.25, 0.3) is 11.4 Å². The van der Waals surface area contributed by atoms with Crippen LogP contribution in [0.4, 0.5) is 0 Å². The van der Waals surface area contributed by atoms with Gasteiger partial charge in [-0.2, -0.15) is 4.98 Å². The quantitative estimate of drug-likeness (QED) is 0.845. The first-order chi connectivity index (χ1) is 8.74. The van der Waals surface area contributed by atoms with Crippen molar-refractivity contribution in [1.82, 2.24) is 10.1 Å². The molecule has 0 saturated heterocycles. The second kappa shape index (κ2) is 4.42. The lowest BCUT2D eigenvalue weighted by molar-refractivity contribution is 0.345. The average Bonchev–Trinajstić information content (AvgIpc) is 2.98. The summed E-state index contributed by atoms with van der Waals surface area (Å²) in [6.07, 6.45) is 3.14. The Morgan fingerprint density at radius 3 is 2.67 bits per heavy atom. The maximum absolute atomic E-state index is 9.24. The van der Waals surface area contributed by atoms with E-state index in [1.807, 2.05) is 0 Å². The molecule has 1 aromatic carbocycles. The van der Waals surface area contributed by atoms with Crippen LogP contribution in [0.1, 0.15) is 31.1 Å². The number of hydrogen-bond acceptors (Lipinski definition) is 5. The van der Waals surface area contributed by atoms with E-state index in [1.165, 1.54) is 0 Å². The number of nitrogens with two attached hydrogens (primary N) is 1. The molecule has 5 nitrogen and oxygen atoms in total. The summed E-state index contributed by atoms with van der Waals surface area (Å²) in [4.78, 5) is 4.40. The lowest BCUT2D eigenvalue weighted by Crippen LogP contribution is -2.22. The second-order valence-electron chi connectivity index (χ2n) is 4.70. The molecule has 0 aliphatic heterocycles. The first-order valence-electron chi connectivity index (χ1n) is 6.12. The number of phenols is 1. The maximum atomic E-state index is 9.24. The predicted octanol–water partition coefficient (Wildman–Crippen LogP) is 2.04. The lowest BCUT2D eigenvalue weighted by atomic mass is 10.1. The van der Waals surface area contributed by atoms with Crippen molar-refractivity contribution in [3.63, 3.8) is 0 Å². The summed E-state index contributed by atoms with van der Waals surface area (Å²) >= 11 is 0. The summed E-state index contributed by atoms with van der Waals surface area (Å²) in [6.45, 7) is 0. The molecule has 3 N–H and O–H groups in total. The van der Waals surface area contributed by atoms with Crippen molar-refractivity contribution in [1.29, 1.82) is 0 Å². The third-order valence-electron chi connectivity index (χ3n) is 3.45. The topological polar surface area (TPSA) is 85.2 Å². The normalized spacial score (nSPS) is 23.4. The van der Waals surface area contributed by atoms with Gasteiger partial charge in [0.05, 0.1) is 5.92 Å². The van der Waals surface area contributed by atoms with Crippen LogP contribution in [-0.2, 0) is 0 Å². The van der Waals surface area contributed by atoms with Crippen LogP contribution in [0.3, 0.4) is 0 Å². The SMILES string of the molecule is NC1CCCC1c1nc(-c2ccc(O)cc2)no1. The van der Waals surface area contributed by atoms with Crippen LogP contribution in [0.15, 0.2) is 28.8 Å². The summed E-state index contributed by atoms with van der Waals surface area (Å²) < 4.78 is 5.30. The van der Waals surface area contributed by atoms with E-state index in [4.69, 9.17) is 10.3 Å². The maximum Gasteiger partial charge on any atom is 0.231 e. The molecule has 2 unspecified atom stereocenters. The second-order valence-corrected chi connectivity index (χ2v) is 4.70. The summed E-state index contributed by atoms with van der Waals surface area (Å²) in [7, 11) is 0. The minimum absolute atomic E-state index is 0.123. The Kier molecular flexibility index (Phi) is 2.76. The molecule has 5 heteroatoms. The standard InChI is InChI=1S/C13H15N3O2/c14-11-3-1-2-10(11)13-15-12(16-18-13)8-4-6-9(17)7-5-8/h4-7,10-11,17H,1-3,14H2. The number of rotatable bonds is 2. The van der Waals surface area contributed by atoms with Gasteiger partial charge in [0.2, 0.25) is 11.7 Å². The minimum Gasteiger partial charge on any atom is -0.508 e. The van der Waals surface area contributed by atoms with Gasteiger partial charge in [0, 0.05) is 11.6 Å². The molecule has 0 amide bonds. The van der Waals surface area contributed by atoms with Gasteiger partial charge in [0.15, 0.2) is 0 Å². The van der Waals surface area contributed by atoms with Crippen molar-refractivity contribution in [3.05, 3.63) is 30.2 Å².